The van der Waals surface area contributed by atoms with Crippen LogP contribution in [0.5, 0.6) is 5.75 Å². The average molecular weight is 386 g/mol. The molecule has 1 fully saturated rings. The van der Waals surface area contributed by atoms with Crippen molar-refractivity contribution in [2.24, 2.45) is 0 Å². The summed E-state index contributed by atoms with van der Waals surface area (Å²) in [6, 6.07) is 11.9. The summed E-state index contributed by atoms with van der Waals surface area (Å²) in [5, 5.41) is 0.297. The van der Waals surface area contributed by atoms with Gasteiger partial charge in [-0.15, -0.1) is 0 Å². The fourth-order valence-electron chi connectivity index (χ4n) is 3.02. The lowest BCUT2D eigenvalue weighted by Gasteiger charge is -2.25. The van der Waals surface area contributed by atoms with E-state index in [4.69, 9.17) is 27.9 Å². The van der Waals surface area contributed by atoms with Crippen LogP contribution in [0.2, 0.25) is 10.0 Å². The molecule has 1 saturated heterocycles. The van der Waals surface area contributed by atoms with Gasteiger partial charge in [0.25, 0.3) is 0 Å². The molecule has 0 radical (unpaired) electrons. The number of nitrogens with zero attached hydrogens (tertiary/aromatic N) is 1. The van der Waals surface area contributed by atoms with E-state index in [-0.39, 0.29) is 21.0 Å². The van der Waals surface area contributed by atoms with Gasteiger partial charge in [-0.3, -0.25) is 0 Å². The fourth-order valence-corrected chi connectivity index (χ4v) is 5.44. The highest BCUT2D eigenvalue weighted by atomic mass is 35.5. The zero-order valence-corrected chi connectivity index (χ0v) is 15.4. The summed E-state index contributed by atoms with van der Waals surface area (Å²) < 4.78 is 32.9. The zero-order chi connectivity index (χ0) is 17.3. The van der Waals surface area contributed by atoms with Crippen LogP contribution in [-0.2, 0) is 10.0 Å². The van der Waals surface area contributed by atoms with Crippen LogP contribution in [0.3, 0.4) is 0 Å². The number of hydrogen-bond donors (Lipinski definition) is 0. The Morgan fingerprint density at radius 2 is 1.92 bits per heavy atom. The molecule has 0 saturated carbocycles. The van der Waals surface area contributed by atoms with Crippen LogP contribution in [-0.4, -0.2) is 26.4 Å². The third-order valence-corrected chi connectivity index (χ3v) is 7.07. The first-order chi connectivity index (χ1) is 11.4. The van der Waals surface area contributed by atoms with Crippen molar-refractivity contribution in [3.63, 3.8) is 0 Å². The molecule has 2 aromatic carbocycles. The molecule has 1 heterocycles. The molecule has 0 spiro atoms. The second-order valence-electron chi connectivity index (χ2n) is 5.60. The number of hydrogen-bond acceptors (Lipinski definition) is 3. The summed E-state index contributed by atoms with van der Waals surface area (Å²) in [5.74, 6) is 0.706. The van der Waals surface area contributed by atoms with E-state index in [1.807, 2.05) is 24.3 Å². The Hall–Kier alpha value is -1.27. The number of benzene rings is 2. The molecule has 0 bridgehead atoms. The Morgan fingerprint density at radius 3 is 2.67 bits per heavy atom. The van der Waals surface area contributed by atoms with Crippen molar-refractivity contribution in [2.75, 3.05) is 13.7 Å². The van der Waals surface area contributed by atoms with Crippen molar-refractivity contribution in [3.8, 4) is 5.75 Å². The van der Waals surface area contributed by atoms with Crippen molar-refractivity contribution >= 4 is 33.2 Å². The molecule has 0 N–H and O–H groups in total. The minimum Gasteiger partial charge on any atom is -0.497 e. The summed E-state index contributed by atoms with van der Waals surface area (Å²) in [5.41, 5.74) is 0.911. The summed E-state index contributed by atoms with van der Waals surface area (Å²) in [7, 11) is -2.14. The molecule has 1 aliphatic rings. The minimum atomic E-state index is -3.73. The quantitative estimate of drug-likeness (QED) is 0.776. The summed E-state index contributed by atoms with van der Waals surface area (Å²) >= 11 is 12.1. The van der Waals surface area contributed by atoms with Gasteiger partial charge >= 0.3 is 0 Å². The third-order valence-electron chi connectivity index (χ3n) is 4.19. The molecular weight excluding hydrogens is 369 g/mol. The van der Waals surface area contributed by atoms with Crippen LogP contribution >= 0.6 is 23.2 Å². The first-order valence-corrected chi connectivity index (χ1v) is 9.74. The van der Waals surface area contributed by atoms with Gasteiger partial charge in [0.1, 0.15) is 10.6 Å². The molecule has 24 heavy (non-hydrogen) atoms. The van der Waals surface area contributed by atoms with E-state index in [1.54, 1.807) is 19.2 Å². The first-order valence-electron chi connectivity index (χ1n) is 7.55. The van der Waals surface area contributed by atoms with Gasteiger partial charge in [-0.05, 0) is 42.7 Å². The van der Waals surface area contributed by atoms with Crippen molar-refractivity contribution in [1.29, 1.82) is 0 Å². The number of methoxy groups -OCH3 is 1. The Balaban J connectivity index is 2.02. The van der Waals surface area contributed by atoms with E-state index >= 15 is 0 Å². The van der Waals surface area contributed by atoms with Crippen LogP contribution in [0.15, 0.2) is 47.4 Å². The topological polar surface area (TPSA) is 46.6 Å². The first kappa shape index (κ1) is 17.5. The molecule has 0 unspecified atom stereocenters. The van der Waals surface area contributed by atoms with Crippen LogP contribution in [0, 0.1) is 0 Å². The molecule has 1 aliphatic heterocycles. The highest BCUT2D eigenvalue weighted by Gasteiger charge is 2.37. The van der Waals surface area contributed by atoms with Gasteiger partial charge in [-0.2, -0.15) is 4.31 Å². The summed E-state index contributed by atoms with van der Waals surface area (Å²) in [4.78, 5) is 0.0477. The van der Waals surface area contributed by atoms with Gasteiger partial charge < -0.3 is 4.74 Å². The van der Waals surface area contributed by atoms with Crippen LogP contribution in [0.1, 0.15) is 24.4 Å². The lowest BCUT2D eigenvalue weighted by molar-refractivity contribution is 0.390. The standard InChI is InChI=1S/C17H17Cl2NO3S/c1-23-13-6-2-5-12(11-13)15-8-4-10-20(15)24(21,22)16-9-3-7-14(18)17(16)19/h2-3,5-7,9,11,15H,4,8,10H2,1H3/t15-/m1/s1. The number of halogens is 2. The van der Waals surface area contributed by atoms with E-state index in [1.165, 1.54) is 10.4 Å². The van der Waals surface area contributed by atoms with E-state index in [2.05, 4.69) is 0 Å². The Bertz CT molecular complexity index is 855. The normalized spacial score (nSPS) is 18.7. The van der Waals surface area contributed by atoms with Crippen molar-refractivity contribution in [1.82, 2.24) is 4.31 Å². The lowest BCUT2D eigenvalue weighted by Crippen LogP contribution is -2.31. The second-order valence-corrected chi connectivity index (χ2v) is 8.25. The number of sulfonamides is 1. The molecule has 1 atom stereocenters. The molecule has 0 aliphatic carbocycles. The van der Waals surface area contributed by atoms with Crippen molar-refractivity contribution in [2.45, 2.75) is 23.8 Å². The van der Waals surface area contributed by atoms with Gasteiger partial charge in [0.2, 0.25) is 10.0 Å². The average Bonchev–Trinajstić information content (AvgIpc) is 3.08. The minimum absolute atomic E-state index is 0.0477. The Morgan fingerprint density at radius 1 is 1.17 bits per heavy atom. The van der Waals surface area contributed by atoms with E-state index in [9.17, 15) is 8.42 Å². The maximum absolute atomic E-state index is 13.1. The molecule has 4 nitrogen and oxygen atoms in total. The van der Waals surface area contributed by atoms with Gasteiger partial charge in [0, 0.05) is 6.54 Å². The maximum atomic E-state index is 13.1. The SMILES string of the molecule is COc1cccc([C@H]2CCCN2S(=O)(=O)c2cccc(Cl)c2Cl)c1. The fraction of sp³-hybridized carbons (Fsp3) is 0.294. The van der Waals surface area contributed by atoms with Gasteiger partial charge in [-0.1, -0.05) is 41.4 Å². The van der Waals surface area contributed by atoms with Gasteiger partial charge in [0.15, 0.2) is 0 Å². The Labute approximate surface area is 152 Å². The number of rotatable bonds is 4. The van der Waals surface area contributed by atoms with E-state index in [0.717, 1.165) is 18.4 Å². The van der Waals surface area contributed by atoms with Crippen LogP contribution < -0.4 is 4.74 Å². The highest BCUT2D eigenvalue weighted by Crippen LogP contribution is 2.40. The number of ether oxygens (including phenoxy) is 1. The predicted molar refractivity (Wildman–Crippen MR) is 95.3 cm³/mol. The molecule has 128 valence electrons. The van der Waals surface area contributed by atoms with Crippen molar-refractivity contribution in [3.05, 3.63) is 58.1 Å². The monoisotopic (exact) mass is 385 g/mol. The Kier molecular flexibility index (Phi) is 5.06. The third kappa shape index (κ3) is 3.14. The molecule has 3 rings (SSSR count). The molecule has 0 aromatic heterocycles. The zero-order valence-electron chi connectivity index (χ0n) is 13.1. The summed E-state index contributed by atoms with van der Waals surface area (Å²) in [6.07, 6.45) is 1.55. The predicted octanol–water partition coefficient (Wildman–Crippen LogP) is 4.53. The summed E-state index contributed by atoms with van der Waals surface area (Å²) in [6.45, 7) is 0.451. The van der Waals surface area contributed by atoms with Gasteiger partial charge in [0.05, 0.1) is 23.2 Å². The van der Waals surface area contributed by atoms with Crippen LogP contribution in [0.25, 0.3) is 0 Å². The second kappa shape index (κ2) is 6.92. The highest BCUT2D eigenvalue weighted by molar-refractivity contribution is 7.89. The maximum Gasteiger partial charge on any atom is 0.245 e. The molecule has 0 amide bonds. The smallest absolute Gasteiger partial charge is 0.245 e. The molecular formula is C17H17Cl2NO3S. The largest absolute Gasteiger partial charge is 0.497 e. The molecule has 2 aromatic rings. The van der Waals surface area contributed by atoms with Crippen molar-refractivity contribution < 1.29 is 13.2 Å². The lowest BCUT2D eigenvalue weighted by atomic mass is 10.1. The van der Waals surface area contributed by atoms with Gasteiger partial charge in [-0.25, -0.2) is 8.42 Å². The molecule has 7 heteroatoms. The van der Waals surface area contributed by atoms with E-state index < -0.39 is 10.0 Å². The van der Waals surface area contributed by atoms with E-state index in [0.29, 0.717) is 12.3 Å². The van der Waals surface area contributed by atoms with Crippen LogP contribution in [0.4, 0.5) is 0 Å².